The van der Waals surface area contributed by atoms with Crippen LogP contribution in [0, 0.1) is 11.8 Å². The van der Waals surface area contributed by atoms with E-state index in [1.54, 1.807) is 30.3 Å². The molecule has 36 heavy (non-hydrogen) atoms. The van der Waals surface area contributed by atoms with Gasteiger partial charge in [0.1, 0.15) is 12.2 Å². The highest BCUT2D eigenvalue weighted by Crippen LogP contribution is 2.66. The fraction of sp³-hybridized carbons (Fsp3) is 0.625. The fourth-order valence-corrected chi connectivity index (χ4v) is 5.70. The molecule has 1 aromatic rings. The van der Waals surface area contributed by atoms with E-state index in [4.69, 9.17) is 18.9 Å². The third-order valence-electron chi connectivity index (χ3n) is 7.34. The Morgan fingerprint density at radius 2 is 1.67 bits per heavy atom. The maximum atomic E-state index is 16.4. The number of ketones is 1. The number of Topliss-reactive ketones (excluding diaryl/α,β-unsaturated/α-hetero) is 1. The van der Waals surface area contributed by atoms with Crippen molar-refractivity contribution in [3.63, 3.8) is 0 Å². The van der Waals surface area contributed by atoms with Crippen LogP contribution in [0.2, 0.25) is 0 Å². The second kappa shape index (κ2) is 7.99. The van der Waals surface area contributed by atoms with Gasteiger partial charge in [0.2, 0.25) is 17.1 Å². The molecule has 5 nitrogen and oxygen atoms in total. The molecule has 4 aliphatic rings. The van der Waals surface area contributed by atoms with Crippen LogP contribution in [0.4, 0.5) is 30.7 Å². The molecule has 1 aromatic carbocycles. The van der Waals surface area contributed by atoms with Crippen molar-refractivity contribution in [2.45, 2.75) is 80.7 Å². The van der Waals surface area contributed by atoms with Gasteiger partial charge in [0.15, 0.2) is 18.2 Å². The van der Waals surface area contributed by atoms with Gasteiger partial charge < -0.3 is 18.9 Å². The predicted octanol–water partition coefficient (Wildman–Crippen LogP) is 4.84. The Morgan fingerprint density at radius 3 is 2.31 bits per heavy atom. The number of hydrogen-bond acceptors (Lipinski definition) is 5. The van der Waals surface area contributed by atoms with Crippen molar-refractivity contribution in [1.29, 1.82) is 0 Å². The molecular formula is C24H23F7O5. The van der Waals surface area contributed by atoms with Gasteiger partial charge in [-0.2, -0.15) is 22.0 Å². The van der Waals surface area contributed by atoms with Gasteiger partial charge in [0.25, 0.3) is 0 Å². The maximum Gasteiger partial charge on any atom is 0.456 e. The fourth-order valence-electron chi connectivity index (χ4n) is 5.70. The van der Waals surface area contributed by atoms with Gasteiger partial charge in [0.05, 0.1) is 6.61 Å². The molecule has 0 aromatic heterocycles. The van der Waals surface area contributed by atoms with Crippen molar-refractivity contribution in [2.24, 2.45) is 11.8 Å². The quantitative estimate of drug-likeness (QED) is 0.394. The number of allylic oxidation sites excluding steroid dienone is 2. The zero-order chi connectivity index (χ0) is 26.3. The van der Waals surface area contributed by atoms with E-state index in [1.807, 2.05) is 0 Å². The molecule has 2 aliphatic heterocycles. The number of rotatable bonds is 6. The minimum absolute atomic E-state index is 0.156. The molecule has 12 heteroatoms. The Morgan fingerprint density at radius 1 is 1.03 bits per heavy atom. The van der Waals surface area contributed by atoms with Crippen LogP contribution in [-0.4, -0.2) is 59.6 Å². The van der Waals surface area contributed by atoms with Crippen LogP contribution in [0.5, 0.6) is 0 Å². The summed E-state index contributed by atoms with van der Waals surface area (Å²) in [6, 6.07) is 8.48. The Balaban J connectivity index is 1.51. The van der Waals surface area contributed by atoms with Crippen LogP contribution >= 0.6 is 0 Å². The molecule has 0 N–H and O–H groups in total. The van der Waals surface area contributed by atoms with Gasteiger partial charge in [-0.15, -0.1) is 0 Å². The van der Waals surface area contributed by atoms with E-state index in [1.165, 1.54) is 13.8 Å². The zero-order valence-electron chi connectivity index (χ0n) is 19.1. The van der Waals surface area contributed by atoms with Crippen LogP contribution in [0.25, 0.3) is 0 Å². The van der Waals surface area contributed by atoms with Crippen molar-refractivity contribution in [2.75, 3.05) is 0 Å². The van der Waals surface area contributed by atoms with Crippen molar-refractivity contribution < 1.29 is 54.5 Å². The molecule has 0 unspecified atom stereocenters. The summed E-state index contributed by atoms with van der Waals surface area (Å²) in [5, 5.41) is 0. The van der Waals surface area contributed by atoms with E-state index in [9.17, 15) is 26.7 Å². The number of hydrogen-bond donors (Lipinski definition) is 0. The molecule has 0 spiro atoms. The highest BCUT2D eigenvalue weighted by Gasteiger charge is 2.87. The topological polar surface area (TPSA) is 54.0 Å². The summed E-state index contributed by atoms with van der Waals surface area (Å²) in [5.74, 6) is -13.3. The molecule has 8 atom stereocenters. The van der Waals surface area contributed by atoms with Crippen LogP contribution in [0.3, 0.4) is 0 Å². The lowest BCUT2D eigenvalue weighted by Crippen LogP contribution is -2.71. The van der Waals surface area contributed by atoms with Crippen molar-refractivity contribution in [3.8, 4) is 0 Å². The Kier molecular flexibility index (Phi) is 5.69. The predicted molar refractivity (Wildman–Crippen MR) is 108 cm³/mol. The standard InChI is InChI=1S/C24H23F7O5/c1-20(2)35-17-15(33-11-12-6-4-3-5-7-12)16(34-19(17)36-20)18(32)21(25)13-8-9-14(10-13)22(21,26)23(27,28)24(29,30)31/h3-9,13-17,19H,10-11H2,1-2H3/t13-,14+,15+,16+,17-,19-,21-,22+/m1/s1. The van der Waals surface area contributed by atoms with Crippen LogP contribution in [0.1, 0.15) is 25.8 Å². The molecule has 198 valence electrons. The zero-order valence-corrected chi connectivity index (χ0v) is 19.1. The lowest BCUT2D eigenvalue weighted by Gasteiger charge is -2.44. The van der Waals surface area contributed by atoms with Gasteiger partial charge in [-0.25, -0.2) is 8.78 Å². The Hall–Kier alpha value is -2.02. The second-order valence-electron chi connectivity index (χ2n) is 9.98. The minimum atomic E-state index is -6.44. The minimum Gasteiger partial charge on any atom is -0.367 e. The molecule has 1 saturated carbocycles. The van der Waals surface area contributed by atoms with E-state index in [-0.39, 0.29) is 6.61 Å². The van der Waals surface area contributed by atoms with Crippen LogP contribution < -0.4 is 0 Å². The Labute approximate surface area is 201 Å². The molecule has 2 aliphatic carbocycles. The van der Waals surface area contributed by atoms with Gasteiger partial charge in [-0.1, -0.05) is 42.5 Å². The third-order valence-corrected chi connectivity index (χ3v) is 7.34. The highest BCUT2D eigenvalue weighted by molar-refractivity contribution is 5.95. The number of halogens is 7. The summed E-state index contributed by atoms with van der Waals surface area (Å²) in [7, 11) is 0. The second-order valence-corrected chi connectivity index (χ2v) is 9.98. The maximum absolute atomic E-state index is 16.4. The van der Waals surface area contributed by atoms with Crippen molar-refractivity contribution in [1.82, 2.24) is 0 Å². The first-order valence-corrected chi connectivity index (χ1v) is 11.3. The van der Waals surface area contributed by atoms with E-state index < -0.39 is 77.9 Å². The SMILES string of the molecule is CC1(C)O[C@H]2O[C@H](C(=O)[C@]3(F)[C@@H]4C=C[C@@H](C4)[C@@]3(F)C(F)(F)C(F)(F)F)[C@H](OCc3ccccc3)[C@H]2O1. The average molecular weight is 524 g/mol. The number of alkyl halides is 7. The molecule has 0 radical (unpaired) electrons. The molecule has 5 rings (SSSR count). The molecular weight excluding hydrogens is 501 g/mol. The Bertz CT molecular complexity index is 1060. The van der Waals surface area contributed by atoms with Crippen molar-refractivity contribution >= 4 is 5.78 Å². The smallest absolute Gasteiger partial charge is 0.367 e. The molecule has 0 amide bonds. The lowest BCUT2D eigenvalue weighted by molar-refractivity contribution is -0.347. The molecule has 2 bridgehead atoms. The van der Waals surface area contributed by atoms with Crippen LogP contribution in [0.15, 0.2) is 42.5 Å². The summed E-state index contributed by atoms with van der Waals surface area (Å²) >= 11 is 0. The van der Waals surface area contributed by atoms with E-state index in [0.717, 1.165) is 12.2 Å². The number of fused-ring (bicyclic) bond motifs is 3. The molecule has 3 fully saturated rings. The monoisotopic (exact) mass is 524 g/mol. The third kappa shape index (κ3) is 3.40. The molecule has 2 heterocycles. The van der Waals surface area contributed by atoms with Gasteiger partial charge in [-0.3, -0.25) is 4.79 Å². The highest BCUT2D eigenvalue weighted by atomic mass is 19.4. The summed E-state index contributed by atoms with van der Waals surface area (Å²) in [6.07, 6.45) is -11.4. The number of ether oxygens (including phenoxy) is 4. The van der Waals surface area contributed by atoms with E-state index >= 15 is 8.78 Å². The number of benzene rings is 1. The van der Waals surface area contributed by atoms with Gasteiger partial charge in [0, 0.05) is 11.8 Å². The normalized spacial score (nSPS) is 41.1. The first-order valence-electron chi connectivity index (χ1n) is 11.3. The van der Waals surface area contributed by atoms with E-state index in [2.05, 4.69) is 0 Å². The first kappa shape index (κ1) is 25.6. The largest absolute Gasteiger partial charge is 0.456 e. The van der Waals surface area contributed by atoms with Crippen LogP contribution in [-0.2, 0) is 30.3 Å². The van der Waals surface area contributed by atoms with Crippen molar-refractivity contribution in [3.05, 3.63) is 48.0 Å². The lowest BCUT2D eigenvalue weighted by atomic mass is 9.69. The summed E-state index contributed by atoms with van der Waals surface area (Å²) < 4.78 is 124. The van der Waals surface area contributed by atoms with Gasteiger partial charge >= 0.3 is 12.1 Å². The summed E-state index contributed by atoms with van der Waals surface area (Å²) in [6.45, 7) is 2.89. The average Bonchev–Trinajstić information content (AvgIpc) is 3.52. The number of carbonyl (C=O) groups excluding carboxylic acids is 1. The van der Waals surface area contributed by atoms with E-state index in [0.29, 0.717) is 5.56 Å². The molecule has 2 saturated heterocycles. The summed E-state index contributed by atoms with van der Waals surface area (Å²) in [5.41, 5.74) is -8.49. The summed E-state index contributed by atoms with van der Waals surface area (Å²) in [4.78, 5) is 13.5. The van der Waals surface area contributed by atoms with Gasteiger partial charge in [-0.05, 0) is 25.8 Å². The first-order chi connectivity index (χ1) is 16.6. The number of carbonyl (C=O) groups is 1.